The lowest BCUT2D eigenvalue weighted by Gasteiger charge is -2.26. The van der Waals surface area contributed by atoms with Crippen LogP contribution in [0.25, 0.3) is 0 Å². The van der Waals surface area contributed by atoms with Gasteiger partial charge in [-0.2, -0.15) is 4.31 Å². The third kappa shape index (κ3) is 2.93. The first kappa shape index (κ1) is 15.6. The van der Waals surface area contributed by atoms with Crippen molar-refractivity contribution in [3.8, 4) is 0 Å². The molecule has 1 aliphatic rings. The first-order chi connectivity index (χ1) is 9.34. The van der Waals surface area contributed by atoms with Crippen LogP contribution in [-0.4, -0.2) is 50.8 Å². The van der Waals surface area contributed by atoms with E-state index in [2.05, 4.69) is 4.90 Å². The van der Waals surface area contributed by atoms with Crippen molar-refractivity contribution in [1.82, 2.24) is 9.21 Å². The summed E-state index contributed by atoms with van der Waals surface area (Å²) in [4.78, 5) is 2.19. The number of halogens is 1. The van der Waals surface area contributed by atoms with E-state index in [0.29, 0.717) is 6.54 Å². The van der Waals surface area contributed by atoms with E-state index in [1.807, 2.05) is 7.05 Å². The Morgan fingerprint density at radius 2 is 2.20 bits per heavy atom. The Bertz CT molecular complexity index is 571. The maximum atomic E-state index is 12.6. The van der Waals surface area contributed by atoms with Crippen LogP contribution in [0.4, 0.5) is 5.69 Å². The molecule has 0 aliphatic carbocycles. The van der Waals surface area contributed by atoms with Crippen LogP contribution in [0.1, 0.15) is 12.8 Å². The molecule has 112 valence electrons. The third-order valence-corrected chi connectivity index (χ3v) is 6.17. The Kier molecular flexibility index (Phi) is 4.59. The molecule has 1 atom stereocenters. The highest BCUT2D eigenvalue weighted by atomic mass is 35.5. The predicted octanol–water partition coefficient (Wildman–Crippen LogP) is 1.64. The van der Waals surface area contributed by atoms with Gasteiger partial charge in [0.2, 0.25) is 10.0 Å². The largest absolute Gasteiger partial charge is 0.398 e. The second-order valence-electron chi connectivity index (χ2n) is 5.22. The number of benzene rings is 1. The van der Waals surface area contributed by atoms with E-state index in [0.717, 1.165) is 19.4 Å². The minimum Gasteiger partial charge on any atom is -0.398 e. The van der Waals surface area contributed by atoms with Crippen molar-refractivity contribution in [2.45, 2.75) is 23.8 Å². The Hall–Kier alpha value is -0.820. The van der Waals surface area contributed by atoms with Crippen LogP contribution in [0, 0.1) is 0 Å². The summed E-state index contributed by atoms with van der Waals surface area (Å²) in [5.41, 5.74) is 5.96. The van der Waals surface area contributed by atoms with Crippen LogP contribution in [-0.2, 0) is 10.0 Å². The van der Waals surface area contributed by atoms with Gasteiger partial charge in [0.15, 0.2) is 0 Å². The maximum absolute atomic E-state index is 12.6. The fourth-order valence-corrected chi connectivity index (χ4v) is 4.39. The minimum atomic E-state index is -3.66. The highest BCUT2D eigenvalue weighted by Gasteiger charge is 2.30. The molecule has 1 fully saturated rings. The van der Waals surface area contributed by atoms with Gasteiger partial charge in [0.05, 0.1) is 10.7 Å². The molecule has 0 spiro atoms. The number of hydrogen-bond donors (Lipinski definition) is 1. The zero-order chi connectivity index (χ0) is 14.9. The van der Waals surface area contributed by atoms with Gasteiger partial charge in [-0.1, -0.05) is 17.7 Å². The van der Waals surface area contributed by atoms with Crippen molar-refractivity contribution < 1.29 is 8.42 Å². The lowest BCUT2D eigenvalue weighted by atomic mass is 10.2. The zero-order valence-corrected chi connectivity index (χ0v) is 13.3. The summed E-state index contributed by atoms with van der Waals surface area (Å²) in [5, 5.41) is 0.164. The summed E-state index contributed by atoms with van der Waals surface area (Å²) in [6.45, 7) is 1.45. The number of likely N-dealkylation sites (tertiary alicyclic amines) is 1. The SMILES string of the molecule is CN1CCCC1CN(C)S(=O)(=O)c1c(N)cccc1Cl. The van der Waals surface area contributed by atoms with Gasteiger partial charge in [-0.05, 0) is 38.6 Å². The molecule has 1 heterocycles. The first-order valence-corrected chi connectivity index (χ1v) is 8.36. The Morgan fingerprint density at radius 1 is 1.50 bits per heavy atom. The molecule has 1 unspecified atom stereocenters. The molecule has 0 saturated carbocycles. The van der Waals surface area contributed by atoms with E-state index in [1.54, 1.807) is 25.2 Å². The van der Waals surface area contributed by atoms with E-state index >= 15 is 0 Å². The van der Waals surface area contributed by atoms with Gasteiger partial charge in [0, 0.05) is 19.6 Å². The fourth-order valence-electron chi connectivity index (χ4n) is 2.56. The first-order valence-electron chi connectivity index (χ1n) is 6.54. The molecule has 0 aromatic heterocycles. The molecular formula is C13H20ClN3O2S. The lowest BCUT2D eigenvalue weighted by Crippen LogP contribution is -2.39. The average molecular weight is 318 g/mol. The molecule has 5 nitrogen and oxygen atoms in total. The van der Waals surface area contributed by atoms with Crippen molar-refractivity contribution in [1.29, 1.82) is 0 Å². The number of nitrogens with zero attached hydrogens (tertiary/aromatic N) is 2. The van der Waals surface area contributed by atoms with Gasteiger partial charge < -0.3 is 10.6 Å². The molecule has 0 amide bonds. The Morgan fingerprint density at radius 3 is 2.75 bits per heavy atom. The molecule has 2 rings (SSSR count). The van der Waals surface area contributed by atoms with Crippen LogP contribution in [0.2, 0.25) is 5.02 Å². The van der Waals surface area contributed by atoms with Gasteiger partial charge in [0.1, 0.15) is 4.90 Å². The summed E-state index contributed by atoms with van der Waals surface area (Å²) in [6.07, 6.45) is 2.11. The molecule has 0 radical (unpaired) electrons. The van der Waals surface area contributed by atoms with E-state index in [4.69, 9.17) is 17.3 Å². The number of sulfonamides is 1. The van der Waals surface area contributed by atoms with Crippen molar-refractivity contribution in [3.63, 3.8) is 0 Å². The van der Waals surface area contributed by atoms with E-state index in [-0.39, 0.29) is 21.6 Å². The van der Waals surface area contributed by atoms with Gasteiger partial charge in [-0.15, -0.1) is 0 Å². The molecule has 1 saturated heterocycles. The summed E-state index contributed by atoms with van der Waals surface area (Å²) in [7, 11) is -0.0720. The highest BCUT2D eigenvalue weighted by Crippen LogP contribution is 2.30. The van der Waals surface area contributed by atoms with Crippen molar-refractivity contribution >= 4 is 27.3 Å². The number of likely N-dealkylation sites (N-methyl/N-ethyl adjacent to an activating group) is 2. The van der Waals surface area contributed by atoms with E-state index in [1.165, 1.54) is 4.31 Å². The number of hydrogen-bond acceptors (Lipinski definition) is 4. The van der Waals surface area contributed by atoms with Crippen LogP contribution in [0.15, 0.2) is 23.1 Å². The van der Waals surface area contributed by atoms with E-state index in [9.17, 15) is 8.42 Å². The second-order valence-corrected chi connectivity index (χ2v) is 7.61. The summed E-state index contributed by atoms with van der Waals surface area (Å²) in [5.74, 6) is 0. The Balaban J connectivity index is 2.26. The van der Waals surface area contributed by atoms with Gasteiger partial charge in [0.25, 0.3) is 0 Å². The molecule has 1 aromatic carbocycles. The van der Waals surface area contributed by atoms with Crippen LogP contribution in [0.3, 0.4) is 0 Å². The van der Waals surface area contributed by atoms with Crippen LogP contribution in [0.5, 0.6) is 0 Å². The zero-order valence-electron chi connectivity index (χ0n) is 11.7. The maximum Gasteiger partial charge on any atom is 0.246 e. The van der Waals surface area contributed by atoms with Crippen LogP contribution < -0.4 is 5.73 Å². The van der Waals surface area contributed by atoms with Crippen LogP contribution >= 0.6 is 11.6 Å². The lowest BCUT2D eigenvalue weighted by molar-refractivity contribution is 0.271. The monoisotopic (exact) mass is 317 g/mol. The summed E-state index contributed by atoms with van der Waals surface area (Å²) < 4.78 is 26.6. The smallest absolute Gasteiger partial charge is 0.246 e. The van der Waals surface area contributed by atoms with Crippen molar-refractivity contribution in [3.05, 3.63) is 23.2 Å². The van der Waals surface area contributed by atoms with Crippen molar-refractivity contribution in [2.75, 3.05) is 32.9 Å². The van der Waals surface area contributed by atoms with Crippen molar-refractivity contribution in [2.24, 2.45) is 0 Å². The molecule has 20 heavy (non-hydrogen) atoms. The van der Waals surface area contributed by atoms with E-state index < -0.39 is 10.0 Å². The highest BCUT2D eigenvalue weighted by molar-refractivity contribution is 7.89. The average Bonchev–Trinajstić information content (AvgIpc) is 2.74. The molecule has 0 bridgehead atoms. The van der Waals surface area contributed by atoms with Gasteiger partial charge in [-0.25, -0.2) is 8.42 Å². The molecule has 1 aliphatic heterocycles. The summed E-state index contributed by atoms with van der Waals surface area (Å²) >= 11 is 6.01. The quantitative estimate of drug-likeness (QED) is 0.857. The third-order valence-electron chi connectivity index (χ3n) is 3.81. The molecular weight excluding hydrogens is 298 g/mol. The fraction of sp³-hybridized carbons (Fsp3) is 0.538. The molecule has 1 aromatic rings. The Labute approximate surface area is 125 Å². The standard InChI is InChI=1S/C13H20ClN3O2S/c1-16-8-4-5-10(16)9-17(2)20(18,19)13-11(14)6-3-7-12(13)15/h3,6-7,10H,4-5,8-9,15H2,1-2H3. The normalized spacial score (nSPS) is 20.7. The molecule has 2 N–H and O–H groups in total. The van der Waals surface area contributed by atoms with Gasteiger partial charge in [-0.3, -0.25) is 0 Å². The summed E-state index contributed by atoms with van der Waals surface area (Å²) in [6, 6.07) is 4.98. The number of rotatable bonds is 4. The minimum absolute atomic E-state index is 0.00446. The van der Waals surface area contributed by atoms with Gasteiger partial charge >= 0.3 is 0 Å². The number of nitrogens with two attached hydrogens (primary N) is 1. The number of anilines is 1. The molecule has 7 heteroatoms. The topological polar surface area (TPSA) is 66.6 Å². The predicted molar refractivity (Wildman–Crippen MR) is 81.3 cm³/mol. The number of nitrogen functional groups attached to an aromatic ring is 1. The second kappa shape index (κ2) is 5.89.